The second kappa shape index (κ2) is 11.1. The quantitative estimate of drug-likeness (QED) is 0.685. The third-order valence-corrected chi connectivity index (χ3v) is 5.53. The van der Waals surface area contributed by atoms with Gasteiger partial charge >= 0.3 is 6.03 Å². The first-order valence-electron chi connectivity index (χ1n) is 10.5. The van der Waals surface area contributed by atoms with E-state index in [1.165, 1.54) is 21.3 Å². The van der Waals surface area contributed by atoms with Crippen LogP contribution in [0.4, 0.5) is 10.5 Å². The van der Waals surface area contributed by atoms with Gasteiger partial charge in [-0.05, 0) is 0 Å². The number of urea groups is 1. The van der Waals surface area contributed by atoms with Gasteiger partial charge in [0.2, 0.25) is 11.7 Å². The lowest BCUT2D eigenvalue weighted by Gasteiger charge is -2.38. The van der Waals surface area contributed by atoms with Crippen LogP contribution in [0.25, 0.3) is 0 Å². The standard InChI is InChI=1S/C21H32N4O6/c1-28-17-14-16(15-18(29-2)20(17)30-3)22-19(26)4-5-23-6-8-24(9-7-23)21(27)25-10-12-31-13-11-25/h14-15H,4-13H2,1-3H3,(H,22,26). The van der Waals surface area contributed by atoms with Crippen molar-refractivity contribution in [2.75, 3.05) is 85.7 Å². The molecular formula is C21H32N4O6. The Balaban J connectivity index is 1.45. The largest absolute Gasteiger partial charge is 0.493 e. The van der Waals surface area contributed by atoms with Crippen LogP contribution in [0, 0.1) is 0 Å². The Bertz CT molecular complexity index is 735. The van der Waals surface area contributed by atoms with Crippen LogP contribution < -0.4 is 19.5 Å². The molecule has 0 bridgehead atoms. The van der Waals surface area contributed by atoms with Gasteiger partial charge in [-0.1, -0.05) is 0 Å². The van der Waals surface area contributed by atoms with Crippen LogP contribution in [0.2, 0.25) is 0 Å². The molecule has 0 saturated carbocycles. The number of hydrogen-bond acceptors (Lipinski definition) is 7. The Morgan fingerprint density at radius 1 is 0.903 bits per heavy atom. The molecule has 2 aliphatic heterocycles. The van der Waals surface area contributed by atoms with Crippen LogP contribution in [0.1, 0.15) is 6.42 Å². The normalized spacial score (nSPS) is 17.3. The van der Waals surface area contributed by atoms with Gasteiger partial charge in [-0.2, -0.15) is 0 Å². The van der Waals surface area contributed by atoms with Gasteiger partial charge in [0.25, 0.3) is 0 Å². The average Bonchev–Trinajstić information content (AvgIpc) is 2.82. The number of morpholine rings is 1. The molecule has 0 atom stereocenters. The predicted molar refractivity (Wildman–Crippen MR) is 115 cm³/mol. The third-order valence-electron chi connectivity index (χ3n) is 5.53. The zero-order valence-corrected chi connectivity index (χ0v) is 18.5. The first kappa shape index (κ1) is 23.0. The molecule has 0 radical (unpaired) electrons. The molecule has 10 heteroatoms. The molecule has 2 heterocycles. The summed E-state index contributed by atoms with van der Waals surface area (Å²) in [5.41, 5.74) is 0.584. The van der Waals surface area contributed by atoms with Gasteiger partial charge in [-0.25, -0.2) is 4.79 Å². The summed E-state index contributed by atoms with van der Waals surface area (Å²) in [6.07, 6.45) is 0.355. The molecule has 0 spiro atoms. The zero-order valence-electron chi connectivity index (χ0n) is 18.5. The summed E-state index contributed by atoms with van der Waals surface area (Å²) in [5, 5.41) is 2.89. The van der Waals surface area contributed by atoms with Crippen LogP contribution in [0.3, 0.4) is 0 Å². The summed E-state index contributed by atoms with van der Waals surface area (Å²) in [6.45, 7) is 6.01. The smallest absolute Gasteiger partial charge is 0.320 e. The molecule has 31 heavy (non-hydrogen) atoms. The number of carbonyl (C=O) groups excluding carboxylic acids is 2. The zero-order chi connectivity index (χ0) is 22.2. The Morgan fingerprint density at radius 2 is 1.48 bits per heavy atom. The summed E-state index contributed by atoms with van der Waals surface area (Å²) in [5.74, 6) is 1.35. The third kappa shape index (κ3) is 5.92. The molecule has 3 amide bonds. The van der Waals surface area contributed by atoms with E-state index in [2.05, 4.69) is 10.2 Å². The van der Waals surface area contributed by atoms with Gasteiger partial charge in [0.15, 0.2) is 11.5 Å². The van der Waals surface area contributed by atoms with E-state index in [-0.39, 0.29) is 11.9 Å². The van der Waals surface area contributed by atoms with Crippen molar-refractivity contribution in [3.63, 3.8) is 0 Å². The molecule has 1 aromatic rings. The fraction of sp³-hybridized carbons (Fsp3) is 0.619. The van der Waals surface area contributed by atoms with Crippen LogP contribution in [0.5, 0.6) is 17.2 Å². The SMILES string of the molecule is COc1cc(NC(=O)CCN2CCN(C(=O)N3CCOCC3)CC2)cc(OC)c1OC. The van der Waals surface area contributed by atoms with Crippen molar-refractivity contribution < 1.29 is 28.5 Å². The molecule has 2 fully saturated rings. The molecule has 1 N–H and O–H groups in total. The van der Waals surface area contributed by atoms with Crippen molar-refractivity contribution >= 4 is 17.6 Å². The van der Waals surface area contributed by atoms with Gasteiger partial charge < -0.3 is 34.1 Å². The molecular weight excluding hydrogens is 404 g/mol. The van der Waals surface area contributed by atoms with Crippen molar-refractivity contribution in [1.29, 1.82) is 0 Å². The van der Waals surface area contributed by atoms with E-state index in [1.807, 2.05) is 9.80 Å². The van der Waals surface area contributed by atoms with Gasteiger partial charge in [-0.3, -0.25) is 9.69 Å². The summed E-state index contributed by atoms with van der Waals surface area (Å²) >= 11 is 0. The van der Waals surface area contributed by atoms with E-state index in [0.717, 1.165) is 13.1 Å². The number of nitrogens with zero attached hydrogens (tertiary/aromatic N) is 3. The Labute approximate surface area is 183 Å². The summed E-state index contributed by atoms with van der Waals surface area (Å²) in [7, 11) is 4.60. The number of ether oxygens (including phenoxy) is 4. The van der Waals surface area contributed by atoms with Crippen molar-refractivity contribution in [2.45, 2.75) is 6.42 Å². The first-order chi connectivity index (χ1) is 15.0. The van der Waals surface area contributed by atoms with Crippen LogP contribution in [-0.2, 0) is 9.53 Å². The fourth-order valence-corrected chi connectivity index (χ4v) is 3.75. The number of amides is 3. The average molecular weight is 437 g/mol. The van der Waals surface area contributed by atoms with Gasteiger partial charge in [0.1, 0.15) is 0 Å². The van der Waals surface area contributed by atoms with Crippen molar-refractivity contribution in [3.05, 3.63) is 12.1 Å². The van der Waals surface area contributed by atoms with Crippen molar-refractivity contribution in [2.24, 2.45) is 0 Å². The predicted octanol–water partition coefficient (Wildman–Crippen LogP) is 1.11. The first-order valence-corrected chi connectivity index (χ1v) is 10.5. The molecule has 1 aromatic carbocycles. The minimum absolute atomic E-state index is 0.0862. The van der Waals surface area contributed by atoms with Gasteiger partial charge in [0, 0.05) is 70.1 Å². The highest BCUT2D eigenvalue weighted by Gasteiger charge is 2.26. The lowest BCUT2D eigenvalue weighted by Crippen LogP contribution is -2.54. The summed E-state index contributed by atoms with van der Waals surface area (Å²) < 4.78 is 21.3. The highest BCUT2D eigenvalue weighted by molar-refractivity contribution is 5.91. The molecule has 10 nitrogen and oxygen atoms in total. The summed E-state index contributed by atoms with van der Waals surface area (Å²) in [4.78, 5) is 31.0. The second-order valence-electron chi connectivity index (χ2n) is 7.42. The molecule has 2 aliphatic rings. The Kier molecular flexibility index (Phi) is 8.19. The molecule has 0 unspecified atom stereocenters. The molecule has 0 aromatic heterocycles. The second-order valence-corrected chi connectivity index (χ2v) is 7.42. The lowest BCUT2D eigenvalue weighted by molar-refractivity contribution is -0.116. The fourth-order valence-electron chi connectivity index (χ4n) is 3.75. The minimum Gasteiger partial charge on any atom is -0.493 e. The number of carbonyl (C=O) groups is 2. The number of methoxy groups -OCH3 is 3. The van der Waals surface area contributed by atoms with Crippen molar-refractivity contribution in [1.82, 2.24) is 14.7 Å². The highest BCUT2D eigenvalue weighted by Crippen LogP contribution is 2.39. The van der Waals surface area contributed by atoms with E-state index in [1.54, 1.807) is 12.1 Å². The van der Waals surface area contributed by atoms with Crippen molar-refractivity contribution in [3.8, 4) is 17.2 Å². The van der Waals surface area contributed by atoms with E-state index in [0.29, 0.717) is 75.3 Å². The Hall–Kier alpha value is -2.72. The molecule has 172 valence electrons. The molecule has 0 aliphatic carbocycles. The maximum Gasteiger partial charge on any atom is 0.320 e. The molecule has 3 rings (SSSR count). The minimum atomic E-state index is -0.0962. The Morgan fingerprint density at radius 3 is 2.03 bits per heavy atom. The number of benzene rings is 1. The highest BCUT2D eigenvalue weighted by atomic mass is 16.5. The van der Waals surface area contributed by atoms with Crippen LogP contribution in [-0.4, -0.2) is 107 Å². The lowest BCUT2D eigenvalue weighted by atomic mass is 10.2. The number of piperazine rings is 1. The van der Waals surface area contributed by atoms with E-state index in [9.17, 15) is 9.59 Å². The van der Waals surface area contributed by atoms with E-state index in [4.69, 9.17) is 18.9 Å². The van der Waals surface area contributed by atoms with E-state index < -0.39 is 0 Å². The monoisotopic (exact) mass is 436 g/mol. The van der Waals surface area contributed by atoms with Gasteiger partial charge in [-0.15, -0.1) is 0 Å². The summed E-state index contributed by atoms with van der Waals surface area (Å²) in [6, 6.07) is 3.49. The van der Waals surface area contributed by atoms with E-state index >= 15 is 0 Å². The van der Waals surface area contributed by atoms with Crippen LogP contribution in [0.15, 0.2) is 12.1 Å². The molecule has 2 saturated heterocycles. The maximum atomic E-state index is 12.6. The topological polar surface area (TPSA) is 92.8 Å². The number of hydrogen-bond donors (Lipinski definition) is 1. The van der Waals surface area contributed by atoms with Gasteiger partial charge in [0.05, 0.1) is 34.5 Å². The number of anilines is 1. The number of rotatable bonds is 7. The number of nitrogens with one attached hydrogen (secondary N) is 1. The maximum absolute atomic E-state index is 12.6. The van der Waals surface area contributed by atoms with Crippen LogP contribution >= 0.6 is 0 Å².